The molecule has 0 spiro atoms. The molecule has 2 nitrogen and oxygen atoms in total. The van der Waals surface area contributed by atoms with Gasteiger partial charge in [0.2, 0.25) is 0 Å². The summed E-state index contributed by atoms with van der Waals surface area (Å²) < 4.78 is 14.5. The summed E-state index contributed by atoms with van der Waals surface area (Å²) in [7, 11) is 0. The highest BCUT2D eigenvalue weighted by molar-refractivity contribution is 5.71. The van der Waals surface area contributed by atoms with Crippen LogP contribution in [-0.4, -0.2) is 13.1 Å². The van der Waals surface area contributed by atoms with Crippen LogP contribution in [0.15, 0.2) is 42.5 Å². The van der Waals surface area contributed by atoms with Crippen molar-refractivity contribution in [3.8, 4) is 0 Å². The average molecular weight is 284 g/mol. The number of anilines is 2. The predicted molar refractivity (Wildman–Crippen MR) is 85.5 cm³/mol. The van der Waals surface area contributed by atoms with E-state index in [0.29, 0.717) is 24.6 Å². The van der Waals surface area contributed by atoms with Crippen LogP contribution in [0.1, 0.15) is 18.1 Å². The first kappa shape index (κ1) is 14.1. The Bertz CT molecular complexity index is 639. The Kier molecular flexibility index (Phi) is 3.93. The number of para-hydroxylation sites is 2. The first-order valence-electron chi connectivity index (χ1n) is 7.53. The van der Waals surface area contributed by atoms with Crippen LogP contribution in [-0.2, 0) is 12.8 Å². The van der Waals surface area contributed by atoms with E-state index in [0.717, 1.165) is 24.2 Å². The number of rotatable bonds is 3. The molecule has 0 aliphatic carbocycles. The van der Waals surface area contributed by atoms with E-state index in [9.17, 15) is 4.39 Å². The van der Waals surface area contributed by atoms with Gasteiger partial charge in [0.1, 0.15) is 5.82 Å². The van der Waals surface area contributed by atoms with Gasteiger partial charge in [-0.3, -0.25) is 0 Å². The molecule has 1 aliphatic rings. The van der Waals surface area contributed by atoms with E-state index in [2.05, 4.69) is 30.0 Å². The van der Waals surface area contributed by atoms with Gasteiger partial charge in [0.05, 0.1) is 5.69 Å². The van der Waals surface area contributed by atoms with Gasteiger partial charge >= 0.3 is 0 Å². The van der Waals surface area contributed by atoms with Crippen molar-refractivity contribution in [3.05, 3.63) is 59.4 Å². The number of nitrogens with two attached hydrogens (primary N) is 1. The van der Waals surface area contributed by atoms with E-state index in [-0.39, 0.29) is 5.82 Å². The highest BCUT2D eigenvalue weighted by atomic mass is 19.1. The zero-order chi connectivity index (χ0) is 14.8. The van der Waals surface area contributed by atoms with Crippen molar-refractivity contribution < 1.29 is 4.39 Å². The minimum atomic E-state index is -0.162. The van der Waals surface area contributed by atoms with Gasteiger partial charge in [-0.25, -0.2) is 4.39 Å². The first-order valence-corrected chi connectivity index (χ1v) is 7.53. The second-order valence-electron chi connectivity index (χ2n) is 5.83. The molecule has 0 aromatic heterocycles. The summed E-state index contributed by atoms with van der Waals surface area (Å²) in [5, 5.41) is 0. The second kappa shape index (κ2) is 5.86. The zero-order valence-electron chi connectivity index (χ0n) is 12.3. The van der Waals surface area contributed by atoms with Crippen molar-refractivity contribution in [2.24, 2.45) is 11.7 Å². The third-order valence-corrected chi connectivity index (χ3v) is 4.10. The Labute approximate surface area is 125 Å². The molecule has 110 valence electrons. The molecule has 0 saturated heterocycles. The van der Waals surface area contributed by atoms with Crippen molar-refractivity contribution in [1.29, 1.82) is 0 Å². The largest absolute Gasteiger partial charge is 0.338 e. The number of nitrogens with zero attached hydrogens (tertiary/aromatic N) is 1. The molecule has 0 radical (unpaired) electrons. The minimum absolute atomic E-state index is 0.162. The van der Waals surface area contributed by atoms with Gasteiger partial charge in [0.15, 0.2) is 0 Å². The van der Waals surface area contributed by atoms with Crippen molar-refractivity contribution in [1.82, 2.24) is 0 Å². The van der Waals surface area contributed by atoms with E-state index < -0.39 is 0 Å². The number of hydrogen-bond donors (Lipinski definition) is 1. The summed E-state index contributed by atoms with van der Waals surface area (Å²) in [6.07, 6.45) is 1.74. The molecular weight excluding hydrogens is 263 g/mol. The van der Waals surface area contributed by atoms with Crippen LogP contribution in [0.3, 0.4) is 0 Å². The summed E-state index contributed by atoms with van der Waals surface area (Å²) >= 11 is 0. The summed E-state index contributed by atoms with van der Waals surface area (Å²) in [5.41, 5.74) is 9.79. The molecule has 3 heteroatoms. The topological polar surface area (TPSA) is 29.3 Å². The van der Waals surface area contributed by atoms with Gasteiger partial charge in [-0.1, -0.05) is 37.3 Å². The summed E-state index contributed by atoms with van der Waals surface area (Å²) in [4.78, 5) is 2.13. The van der Waals surface area contributed by atoms with E-state index in [1.165, 1.54) is 11.6 Å². The maximum Gasteiger partial charge on any atom is 0.147 e. The van der Waals surface area contributed by atoms with Gasteiger partial charge in [0, 0.05) is 12.2 Å². The molecule has 2 aromatic carbocycles. The Balaban J connectivity index is 2.12. The Morgan fingerprint density at radius 1 is 1.19 bits per heavy atom. The van der Waals surface area contributed by atoms with Gasteiger partial charge < -0.3 is 10.6 Å². The standard InChI is InChI=1S/C18H21FN2/c1-13-11-15-5-2-3-8-17(15)21(12-13)18-14(9-10-20)6-4-7-16(18)19/h2-8,13H,9-12,20H2,1H3. The smallest absolute Gasteiger partial charge is 0.147 e. The normalized spacial score (nSPS) is 17.7. The van der Waals surface area contributed by atoms with Gasteiger partial charge in [-0.05, 0) is 48.6 Å². The molecule has 2 N–H and O–H groups in total. The number of fused-ring (bicyclic) bond motifs is 1. The monoisotopic (exact) mass is 284 g/mol. The highest BCUT2D eigenvalue weighted by Crippen LogP contribution is 2.38. The lowest BCUT2D eigenvalue weighted by Gasteiger charge is -2.36. The Hall–Kier alpha value is -1.87. The molecule has 1 unspecified atom stereocenters. The minimum Gasteiger partial charge on any atom is -0.338 e. The highest BCUT2D eigenvalue weighted by Gasteiger charge is 2.25. The lowest BCUT2D eigenvalue weighted by Crippen LogP contribution is -2.32. The SMILES string of the molecule is CC1Cc2ccccc2N(c2c(F)cccc2CCN)C1. The maximum absolute atomic E-state index is 14.5. The molecule has 2 aromatic rings. The third kappa shape index (κ3) is 2.66. The molecule has 1 heterocycles. The predicted octanol–water partition coefficient (Wildman–Crippen LogP) is 3.66. The third-order valence-electron chi connectivity index (χ3n) is 4.10. The van der Waals surface area contributed by atoms with Crippen LogP contribution in [0.5, 0.6) is 0 Å². The summed E-state index contributed by atoms with van der Waals surface area (Å²) in [6.45, 7) is 3.59. The van der Waals surface area contributed by atoms with Crippen LogP contribution in [0.25, 0.3) is 0 Å². The van der Waals surface area contributed by atoms with Crippen LogP contribution in [0, 0.1) is 11.7 Å². The van der Waals surface area contributed by atoms with Crippen molar-refractivity contribution >= 4 is 11.4 Å². The second-order valence-corrected chi connectivity index (χ2v) is 5.83. The Morgan fingerprint density at radius 2 is 2.00 bits per heavy atom. The maximum atomic E-state index is 14.5. The molecular formula is C18H21FN2. The molecule has 21 heavy (non-hydrogen) atoms. The number of hydrogen-bond acceptors (Lipinski definition) is 2. The molecule has 0 bridgehead atoms. The summed E-state index contributed by atoms with van der Waals surface area (Å²) in [5.74, 6) is 0.343. The van der Waals surface area contributed by atoms with Crippen molar-refractivity contribution in [2.75, 3.05) is 18.0 Å². The summed E-state index contributed by atoms with van der Waals surface area (Å²) in [6, 6.07) is 13.6. The molecule has 0 amide bonds. The van der Waals surface area contributed by atoms with E-state index >= 15 is 0 Å². The van der Waals surface area contributed by atoms with Gasteiger partial charge in [0.25, 0.3) is 0 Å². The quantitative estimate of drug-likeness (QED) is 0.932. The van der Waals surface area contributed by atoms with Gasteiger partial charge in [-0.15, -0.1) is 0 Å². The molecule has 0 fully saturated rings. The van der Waals surface area contributed by atoms with Gasteiger partial charge in [-0.2, -0.15) is 0 Å². The zero-order valence-corrected chi connectivity index (χ0v) is 12.3. The van der Waals surface area contributed by atoms with Crippen LogP contribution in [0.4, 0.5) is 15.8 Å². The first-order chi connectivity index (χ1) is 10.2. The Morgan fingerprint density at radius 3 is 2.81 bits per heavy atom. The molecule has 1 aliphatic heterocycles. The molecule has 0 saturated carbocycles. The molecule has 1 atom stereocenters. The fraction of sp³-hybridized carbons (Fsp3) is 0.333. The van der Waals surface area contributed by atoms with Crippen LogP contribution < -0.4 is 10.6 Å². The van der Waals surface area contributed by atoms with Crippen molar-refractivity contribution in [3.63, 3.8) is 0 Å². The molecule has 3 rings (SSSR count). The number of halogens is 1. The average Bonchev–Trinajstić information content (AvgIpc) is 2.47. The fourth-order valence-electron chi connectivity index (χ4n) is 3.23. The van der Waals surface area contributed by atoms with Crippen molar-refractivity contribution in [2.45, 2.75) is 19.8 Å². The van der Waals surface area contributed by atoms with E-state index in [1.54, 1.807) is 6.07 Å². The fourth-order valence-corrected chi connectivity index (χ4v) is 3.23. The lowest BCUT2D eigenvalue weighted by atomic mass is 9.92. The number of benzene rings is 2. The van der Waals surface area contributed by atoms with Crippen LogP contribution in [0.2, 0.25) is 0 Å². The lowest BCUT2D eigenvalue weighted by molar-refractivity contribution is 0.550. The van der Waals surface area contributed by atoms with E-state index in [4.69, 9.17) is 5.73 Å². The van der Waals surface area contributed by atoms with Crippen LogP contribution >= 0.6 is 0 Å². The van der Waals surface area contributed by atoms with E-state index in [1.807, 2.05) is 12.1 Å².